The summed E-state index contributed by atoms with van der Waals surface area (Å²) in [6, 6.07) is 17.1. The number of fused-ring (bicyclic) bond motifs is 1. The average Bonchev–Trinajstić information content (AvgIpc) is 3.18. The van der Waals surface area contributed by atoms with Crippen molar-refractivity contribution >= 4 is 22.3 Å². The smallest absolute Gasteiger partial charge is 0.355 e. The maximum Gasteiger partial charge on any atom is 0.355 e. The van der Waals surface area contributed by atoms with Crippen LogP contribution in [0.25, 0.3) is 27.5 Å². The number of thiazole rings is 1. The molecule has 0 unspecified atom stereocenters. The van der Waals surface area contributed by atoms with Gasteiger partial charge in [0.05, 0.1) is 12.3 Å². The van der Waals surface area contributed by atoms with Crippen molar-refractivity contribution in [3.63, 3.8) is 0 Å². The van der Waals surface area contributed by atoms with Crippen molar-refractivity contribution in [2.45, 2.75) is 13.8 Å². The van der Waals surface area contributed by atoms with Crippen LogP contribution in [0.3, 0.4) is 0 Å². The summed E-state index contributed by atoms with van der Waals surface area (Å²) in [6.45, 7) is 4.53. The summed E-state index contributed by atoms with van der Waals surface area (Å²) in [5, 5.41) is 9.93. The van der Waals surface area contributed by atoms with E-state index < -0.39 is 5.97 Å². The first kappa shape index (κ1) is 17.3. The maximum atomic E-state index is 12.1. The van der Waals surface area contributed by atoms with Gasteiger partial charge in [0.1, 0.15) is 11.4 Å². The standard InChI is InChI=1S/C21H18N2O3S/c1-3-26-16-11-9-15(10-12-16)18-13(2)27-21-22-17(14-7-5-4-6-8-14)19(20(24)25)23(18)21/h4-12H,3H2,1-2H3,(H,24,25). The van der Waals surface area contributed by atoms with Gasteiger partial charge in [-0.05, 0) is 43.7 Å². The van der Waals surface area contributed by atoms with Crippen LogP contribution in [0.5, 0.6) is 5.75 Å². The van der Waals surface area contributed by atoms with Crippen molar-refractivity contribution in [2.75, 3.05) is 6.61 Å². The fourth-order valence-electron chi connectivity index (χ4n) is 3.22. The monoisotopic (exact) mass is 378 g/mol. The van der Waals surface area contributed by atoms with Crippen LogP contribution in [0, 0.1) is 6.92 Å². The van der Waals surface area contributed by atoms with E-state index in [-0.39, 0.29) is 5.69 Å². The molecule has 0 aliphatic heterocycles. The van der Waals surface area contributed by atoms with Gasteiger partial charge >= 0.3 is 5.97 Å². The van der Waals surface area contributed by atoms with Gasteiger partial charge in [0.25, 0.3) is 0 Å². The molecule has 4 aromatic rings. The molecule has 6 heteroatoms. The predicted molar refractivity (Wildman–Crippen MR) is 107 cm³/mol. The number of aryl methyl sites for hydroxylation is 1. The first-order valence-corrected chi connectivity index (χ1v) is 9.45. The predicted octanol–water partition coefficient (Wildman–Crippen LogP) is 5.14. The number of rotatable bonds is 5. The van der Waals surface area contributed by atoms with Crippen molar-refractivity contribution in [1.29, 1.82) is 0 Å². The molecule has 27 heavy (non-hydrogen) atoms. The molecule has 0 aliphatic rings. The number of aromatic carboxylic acids is 1. The molecule has 0 radical (unpaired) electrons. The Morgan fingerprint density at radius 2 is 1.81 bits per heavy atom. The normalized spacial score (nSPS) is 11.0. The minimum atomic E-state index is -0.994. The minimum Gasteiger partial charge on any atom is -0.494 e. The first-order valence-electron chi connectivity index (χ1n) is 8.64. The minimum absolute atomic E-state index is 0.185. The Hall–Kier alpha value is -3.12. The molecule has 136 valence electrons. The van der Waals surface area contributed by atoms with Crippen LogP contribution in [0.2, 0.25) is 0 Å². The molecule has 0 fully saturated rings. The van der Waals surface area contributed by atoms with Crippen LogP contribution < -0.4 is 4.74 Å². The van der Waals surface area contributed by atoms with E-state index in [0.29, 0.717) is 17.3 Å². The second-order valence-electron chi connectivity index (χ2n) is 6.06. The molecule has 0 atom stereocenters. The molecule has 5 nitrogen and oxygen atoms in total. The van der Waals surface area contributed by atoms with Crippen LogP contribution in [-0.4, -0.2) is 27.1 Å². The van der Waals surface area contributed by atoms with E-state index in [1.165, 1.54) is 11.3 Å². The van der Waals surface area contributed by atoms with Gasteiger partial charge in [-0.1, -0.05) is 30.3 Å². The van der Waals surface area contributed by atoms with Crippen molar-refractivity contribution in [3.8, 4) is 28.3 Å². The third-order valence-electron chi connectivity index (χ3n) is 4.34. The lowest BCUT2D eigenvalue weighted by Crippen LogP contribution is -2.04. The van der Waals surface area contributed by atoms with E-state index in [9.17, 15) is 9.90 Å². The highest BCUT2D eigenvalue weighted by molar-refractivity contribution is 7.17. The summed E-state index contributed by atoms with van der Waals surface area (Å²) in [5.41, 5.74) is 3.25. The van der Waals surface area contributed by atoms with Gasteiger partial charge in [0.2, 0.25) is 0 Å². The second-order valence-corrected chi connectivity index (χ2v) is 7.24. The molecule has 0 aliphatic carbocycles. The van der Waals surface area contributed by atoms with Gasteiger partial charge < -0.3 is 9.84 Å². The Bertz CT molecular complexity index is 1110. The molecular weight excluding hydrogens is 360 g/mol. The number of hydrogen-bond acceptors (Lipinski definition) is 4. The van der Waals surface area contributed by atoms with E-state index in [4.69, 9.17) is 4.74 Å². The Labute approximate surface area is 160 Å². The maximum absolute atomic E-state index is 12.1. The highest BCUT2D eigenvalue weighted by atomic mass is 32.1. The second kappa shape index (κ2) is 6.89. The van der Waals surface area contributed by atoms with E-state index in [0.717, 1.165) is 27.4 Å². The number of hydrogen-bond donors (Lipinski definition) is 1. The van der Waals surface area contributed by atoms with Gasteiger partial charge in [0, 0.05) is 10.4 Å². The summed E-state index contributed by atoms with van der Waals surface area (Å²) in [6.07, 6.45) is 0. The zero-order valence-corrected chi connectivity index (χ0v) is 15.8. The Morgan fingerprint density at radius 1 is 1.11 bits per heavy atom. The summed E-state index contributed by atoms with van der Waals surface area (Å²) in [4.78, 5) is 18.5. The summed E-state index contributed by atoms with van der Waals surface area (Å²) < 4.78 is 7.26. The molecule has 0 bridgehead atoms. The summed E-state index contributed by atoms with van der Waals surface area (Å²) in [7, 11) is 0. The molecule has 4 rings (SSSR count). The fraction of sp³-hybridized carbons (Fsp3) is 0.143. The Kier molecular flexibility index (Phi) is 4.41. The lowest BCUT2D eigenvalue weighted by molar-refractivity contribution is 0.0690. The van der Waals surface area contributed by atoms with Crippen molar-refractivity contribution < 1.29 is 14.6 Å². The highest BCUT2D eigenvalue weighted by Crippen LogP contribution is 2.36. The Balaban J connectivity index is 1.95. The number of carboxylic acids is 1. The molecule has 2 aromatic heterocycles. The van der Waals surface area contributed by atoms with Crippen molar-refractivity contribution in [1.82, 2.24) is 9.38 Å². The van der Waals surface area contributed by atoms with Crippen LogP contribution in [0.15, 0.2) is 54.6 Å². The summed E-state index contributed by atoms with van der Waals surface area (Å²) in [5.74, 6) is -0.203. The van der Waals surface area contributed by atoms with Gasteiger partial charge in [-0.15, -0.1) is 11.3 Å². The number of carbonyl (C=O) groups is 1. The van der Waals surface area contributed by atoms with E-state index in [1.54, 1.807) is 4.40 Å². The largest absolute Gasteiger partial charge is 0.494 e. The number of carboxylic acid groups (broad SMARTS) is 1. The fourth-order valence-corrected chi connectivity index (χ4v) is 4.21. The zero-order valence-electron chi connectivity index (χ0n) is 15.0. The molecular formula is C21H18N2O3S. The Morgan fingerprint density at radius 3 is 2.44 bits per heavy atom. The third-order valence-corrected chi connectivity index (χ3v) is 5.29. The lowest BCUT2D eigenvalue weighted by Gasteiger charge is -2.07. The van der Waals surface area contributed by atoms with Crippen LogP contribution >= 0.6 is 11.3 Å². The molecule has 0 saturated heterocycles. The number of imidazole rings is 1. The number of nitrogens with zero attached hydrogens (tertiary/aromatic N) is 2. The van der Waals surface area contributed by atoms with Gasteiger partial charge in [-0.2, -0.15) is 0 Å². The molecule has 0 saturated carbocycles. The molecule has 2 heterocycles. The van der Waals surface area contributed by atoms with Gasteiger partial charge in [-0.25, -0.2) is 9.78 Å². The average molecular weight is 378 g/mol. The zero-order chi connectivity index (χ0) is 19.0. The molecule has 0 amide bonds. The lowest BCUT2D eigenvalue weighted by atomic mass is 10.1. The highest BCUT2D eigenvalue weighted by Gasteiger charge is 2.25. The van der Waals surface area contributed by atoms with Crippen LogP contribution in [0.1, 0.15) is 22.3 Å². The number of aromatic nitrogens is 2. The van der Waals surface area contributed by atoms with Crippen molar-refractivity contribution in [2.24, 2.45) is 0 Å². The molecule has 2 aromatic carbocycles. The SMILES string of the molecule is CCOc1ccc(-c2c(C)sc3nc(-c4ccccc4)c(C(=O)O)n23)cc1. The molecule has 1 N–H and O–H groups in total. The number of ether oxygens (including phenoxy) is 1. The van der Waals surface area contributed by atoms with Gasteiger partial charge in [-0.3, -0.25) is 4.40 Å². The van der Waals surface area contributed by atoms with Gasteiger partial charge in [0.15, 0.2) is 10.7 Å². The topological polar surface area (TPSA) is 63.8 Å². The third kappa shape index (κ3) is 2.98. The summed E-state index contributed by atoms with van der Waals surface area (Å²) >= 11 is 1.49. The van der Waals surface area contributed by atoms with E-state index in [2.05, 4.69) is 4.98 Å². The molecule has 0 spiro atoms. The number of benzene rings is 2. The van der Waals surface area contributed by atoms with Crippen LogP contribution in [-0.2, 0) is 0 Å². The van der Waals surface area contributed by atoms with E-state index in [1.807, 2.05) is 68.4 Å². The van der Waals surface area contributed by atoms with Crippen molar-refractivity contribution in [3.05, 3.63) is 65.2 Å². The first-order chi connectivity index (χ1) is 13.1. The van der Waals surface area contributed by atoms with E-state index >= 15 is 0 Å². The quantitative estimate of drug-likeness (QED) is 0.522. The van der Waals surface area contributed by atoms with Crippen LogP contribution in [0.4, 0.5) is 0 Å².